The van der Waals surface area contributed by atoms with Gasteiger partial charge in [0.05, 0.1) is 17.1 Å². The van der Waals surface area contributed by atoms with Crippen molar-refractivity contribution in [3.05, 3.63) is 71.5 Å². The topological polar surface area (TPSA) is 84.3 Å². The lowest BCUT2D eigenvalue weighted by Gasteiger charge is -2.19. The molecule has 0 atom stereocenters. The Labute approximate surface area is 194 Å². The van der Waals surface area contributed by atoms with Crippen LogP contribution in [0.2, 0.25) is 0 Å². The van der Waals surface area contributed by atoms with Crippen molar-refractivity contribution in [3.63, 3.8) is 0 Å². The fourth-order valence-electron chi connectivity index (χ4n) is 4.79. The molecule has 3 aromatic rings. The van der Waals surface area contributed by atoms with Crippen LogP contribution in [0, 0.1) is 0 Å². The number of para-hydroxylation sites is 1. The van der Waals surface area contributed by atoms with Gasteiger partial charge in [-0.15, -0.1) is 0 Å². The number of nitrogens with zero attached hydrogens (tertiary/aromatic N) is 3. The number of amides is 1. The van der Waals surface area contributed by atoms with Crippen molar-refractivity contribution >= 4 is 21.6 Å². The van der Waals surface area contributed by atoms with Crippen molar-refractivity contribution in [2.24, 2.45) is 0 Å². The number of imidazole rings is 1. The van der Waals surface area contributed by atoms with E-state index in [1.165, 1.54) is 4.31 Å². The van der Waals surface area contributed by atoms with Crippen LogP contribution in [0.25, 0.3) is 11.4 Å². The molecule has 3 heterocycles. The summed E-state index contributed by atoms with van der Waals surface area (Å²) in [6, 6.07) is 17.5. The average Bonchev–Trinajstić information content (AvgIpc) is 3.34. The molecule has 0 spiro atoms. The molecule has 0 saturated heterocycles. The molecule has 33 heavy (non-hydrogen) atoms. The van der Waals surface area contributed by atoms with Gasteiger partial charge in [-0.1, -0.05) is 55.0 Å². The second-order valence-electron chi connectivity index (χ2n) is 8.58. The minimum atomic E-state index is -3.52. The quantitative estimate of drug-likeness (QED) is 0.606. The zero-order valence-electron chi connectivity index (χ0n) is 18.5. The van der Waals surface area contributed by atoms with E-state index in [-0.39, 0.29) is 18.2 Å². The summed E-state index contributed by atoms with van der Waals surface area (Å²) in [5.41, 5.74) is 4.13. The lowest BCUT2D eigenvalue weighted by molar-refractivity contribution is 0.0950. The molecule has 0 aliphatic carbocycles. The van der Waals surface area contributed by atoms with Crippen molar-refractivity contribution < 1.29 is 13.2 Å². The fourth-order valence-corrected chi connectivity index (χ4v) is 6.22. The van der Waals surface area contributed by atoms with Gasteiger partial charge in [-0.05, 0) is 37.3 Å². The number of carbonyl (C=O) groups is 1. The summed E-state index contributed by atoms with van der Waals surface area (Å²) in [7, 11) is -3.52. The molecule has 0 fully saturated rings. The third-order valence-corrected chi connectivity index (χ3v) is 8.21. The monoisotopic (exact) mass is 464 g/mol. The first-order valence-electron chi connectivity index (χ1n) is 11.6. The second kappa shape index (κ2) is 9.02. The number of carbonyl (C=O) groups excluding carboxylic acids is 1. The zero-order chi connectivity index (χ0) is 22.8. The fraction of sp³-hybridized carbons (Fsp3) is 0.360. The van der Waals surface area contributed by atoms with Gasteiger partial charge in [0.2, 0.25) is 10.0 Å². The van der Waals surface area contributed by atoms with Crippen LogP contribution in [0.15, 0.2) is 54.6 Å². The van der Waals surface area contributed by atoms with Crippen molar-refractivity contribution in [1.29, 1.82) is 0 Å². The van der Waals surface area contributed by atoms with Crippen molar-refractivity contribution in [3.8, 4) is 11.4 Å². The molecule has 1 amide bonds. The predicted octanol–water partition coefficient (Wildman–Crippen LogP) is 3.40. The first-order chi connectivity index (χ1) is 16.0. The molecule has 0 saturated carbocycles. The van der Waals surface area contributed by atoms with Crippen LogP contribution in [-0.2, 0) is 29.4 Å². The van der Waals surface area contributed by atoms with Crippen LogP contribution in [0.4, 0.5) is 5.69 Å². The molecule has 0 radical (unpaired) electrons. The van der Waals surface area contributed by atoms with Crippen LogP contribution < -0.4 is 9.62 Å². The van der Waals surface area contributed by atoms with Gasteiger partial charge in [-0.25, -0.2) is 13.4 Å². The molecule has 0 unspecified atom stereocenters. The van der Waals surface area contributed by atoms with Gasteiger partial charge in [0.25, 0.3) is 5.91 Å². The van der Waals surface area contributed by atoms with Gasteiger partial charge in [0, 0.05) is 25.2 Å². The maximum Gasteiger partial charge on any atom is 0.271 e. The van der Waals surface area contributed by atoms with Gasteiger partial charge < -0.3 is 9.88 Å². The Morgan fingerprint density at radius 1 is 0.939 bits per heavy atom. The highest BCUT2D eigenvalue weighted by Gasteiger charge is 2.29. The Morgan fingerprint density at radius 3 is 2.58 bits per heavy atom. The van der Waals surface area contributed by atoms with Gasteiger partial charge in [0.1, 0.15) is 11.5 Å². The third kappa shape index (κ3) is 4.27. The normalized spacial score (nSPS) is 15.6. The van der Waals surface area contributed by atoms with Gasteiger partial charge >= 0.3 is 0 Å². The van der Waals surface area contributed by atoms with Crippen LogP contribution in [0.3, 0.4) is 0 Å². The number of fused-ring (bicyclic) bond motifs is 2. The first-order valence-corrected chi connectivity index (χ1v) is 13.2. The molecule has 2 aliphatic heterocycles. The first kappa shape index (κ1) is 21.7. The Morgan fingerprint density at radius 2 is 1.73 bits per heavy atom. The smallest absolute Gasteiger partial charge is 0.271 e. The number of rotatable bonds is 6. The lowest BCUT2D eigenvalue weighted by atomic mass is 10.1. The van der Waals surface area contributed by atoms with E-state index >= 15 is 0 Å². The average molecular weight is 465 g/mol. The summed E-state index contributed by atoms with van der Waals surface area (Å²) in [5.74, 6) is 0.355. The van der Waals surface area contributed by atoms with Crippen LogP contribution in [-0.4, -0.2) is 42.7 Å². The highest BCUT2D eigenvalue weighted by Crippen LogP contribution is 2.30. The number of hydrogen-bond donors (Lipinski definition) is 1. The Kier molecular flexibility index (Phi) is 5.93. The predicted molar refractivity (Wildman–Crippen MR) is 129 cm³/mol. The van der Waals surface area contributed by atoms with Crippen molar-refractivity contribution in [1.82, 2.24) is 14.9 Å². The minimum absolute atomic E-state index is 0.0484. The van der Waals surface area contributed by atoms with E-state index in [9.17, 15) is 13.2 Å². The van der Waals surface area contributed by atoms with Gasteiger partial charge in [-0.3, -0.25) is 9.10 Å². The van der Waals surface area contributed by atoms with E-state index in [0.717, 1.165) is 60.6 Å². The number of sulfonamides is 1. The number of aromatic nitrogens is 2. The van der Waals surface area contributed by atoms with E-state index in [1.807, 2.05) is 54.6 Å². The summed E-state index contributed by atoms with van der Waals surface area (Å²) >= 11 is 0. The van der Waals surface area contributed by atoms with E-state index in [2.05, 4.69) is 9.88 Å². The Balaban J connectivity index is 1.32. The molecular formula is C25H28N4O3S. The lowest BCUT2D eigenvalue weighted by Crippen LogP contribution is -2.37. The number of benzene rings is 2. The van der Waals surface area contributed by atoms with Crippen LogP contribution in [0.1, 0.15) is 41.0 Å². The summed E-state index contributed by atoms with van der Waals surface area (Å²) in [4.78, 5) is 17.8. The molecule has 7 nitrogen and oxygen atoms in total. The molecule has 2 aliphatic rings. The highest BCUT2D eigenvalue weighted by molar-refractivity contribution is 7.92. The van der Waals surface area contributed by atoms with Crippen LogP contribution >= 0.6 is 0 Å². The summed E-state index contributed by atoms with van der Waals surface area (Å²) in [5, 5.41) is 2.82. The Bertz CT molecular complexity index is 1270. The largest absolute Gasteiger partial charge is 0.350 e. The van der Waals surface area contributed by atoms with Crippen LogP contribution in [0.5, 0.6) is 0 Å². The number of anilines is 1. The van der Waals surface area contributed by atoms with Crippen molar-refractivity contribution in [2.75, 3.05) is 23.1 Å². The summed E-state index contributed by atoms with van der Waals surface area (Å²) in [6.07, 6.45) is 4.70. The number of hydrogen-bond acceptors (Lipinski definition) is 4. The molecule has 2 aromatic carbocycles. The maximum absolute atomic E-state index is 13.1. The molecular weight excluding hydrogens is 436 g/mol. The SMILES string of the molecule is O=C(NCCS(=O)(=O)N1CCc2ccccc21)c1nc(-c2ccccc2)n2c1CCCCC2. The highest BCUT2D eigenvalue weighted by atomic mass is 32.2. The molecule has 1 N–H and O–H groups in total. The molecule has 1 aromatic heterocycles. The maximum atomic E-state index is 13.1. The van der Waals surface area contributed by atoms with E-state index in [1.54, 1.807) is 0 Å². The zero-order valence-corrected chi connectivity index (χ0v) is 19.4. The molecule has 0 bridgehead atoms. The van der Waals surface area contributed by atoms with E-state index in [4.69, 9.17) is 4.98 Å². The molecule has 8 heteroatoms. The molecule has 5 rings (SSSR count). The summed E-state index contributed by atoms with van der Waals surface area (Å²) in [6.45, 7) is 1.33. The molecule has 172 valence electrons. The standard InChI is InChI=1S/C25H28N4O3S/c30-25(26-15-18-33(31,32)29-17-14-19-9-6-7-12-21(19)29)23-22-13-5-2-8-16-28(22)24(27-23)20-10-3-1-4-11-20/h1,3-4,6-7,9-12H,2,5,8,13-18H2,(H,26,30). The van der Waals surface area contributed by atoms with Crippen molar-refractivity contribution in [2.45, 2.75) is 38.6 Å². The number of nitrogens with one attached hydrogen (secondary N) is 1. The van der Waals surface area contributed by atoms with E-state index in [0.29, 0.717) is 18.7 Å². The Hall–Kier alpha value is -3.13. The van der Waals surface area contributed by atoms with Gasteiger partial charge in [-0.2, -0.15) is 0 Å². The summed E-state index contributed by atoms with van der Waals surface area (Å²) < 4.78 is 29.5. The van der Waals surface area contributed by atoms with E-state index < -0.39 is 10.0 Å². The second-order valence-corrected chi connectivity index (χ2v) is 10.6. The minimum Gasteiger partial charge on any atom is -0.350 e. The van der Waals surface area contributed by atoms with Gasteiger partial charge in [0.15, 0.2) is 0 Å². The third-order valence-electron chi connectivity index (χ3n) is 6.44.